The Morgan fingerprint density at radius 2 is 1.88 bits per heavy atom. The molecule has 0 bridgehead atoms. The quantitative estimate of drug-likeness (QED) is 0.764. The highest BCUT2D eigenvalue weighted by atomic mass is 35.5. The summed E-state index contributed by atoms with van der Waals surface area (Å²) in [6, 6.07) is 1.60. The van der Waals surface area contributed by atoms with E-state index in [4.69, 9.17) is 39.5 Å². The van der Waals surface area contributed by atoms with Crippen molar-refractivity contribution in [2.24, 2.45) is 0 Å². The van der Waals surface area contributed by atoms with Gasteiger partial charge in [0.2, 0.25) is 0 Å². The number of hydrogen-bond donors (Lipinski definition) is 0. The number of methoxy groups -OCH3 is 1. The molecule has 0 unspecified atom stereocenters. The fourth-order valence-corrected chi connectivity index (χ4v) is 2.35. The van der Waals surface area contributed by atoms with Crippen molar-refractivity contribution < 1.29 is 4.74 Å². The van der Waals surface area contributed by atoms with E-state index in [9.17, 15) is 0 Å². The third-order valence-electron chi connectivity index (χ3n) is 2.32. The standard InChI is InChI=1S/C11H8Cl3NO/c1-5-4-15-10-6(12)3-7(13)11(16-2)8(10)9(5)14/h3-4H,1-2H3. The van der Waals surface area contributed by atoms with Gasteiger partial charge in [-0.1, -0.05) is 34.8 Å². The molecule has 0 saturated carbocycles. The molecule has 2 aromatic rings. The zero-order valence-electron chi connectivity index (χ0n) is 8.64. The van der Waals surface area contributed by atoms with Gasteiger partial charge in [-0.15, -0.1) is 0 Å². The van der Waals surface area contributed by atoms with Crippen LogP contribution in [0.5, 0.6) is 5.75 Å². The molecule has 0 aliphatic heterocycles. The number of rotatable bonds is 1. The molecule has 0 saturated heterocycles. The Morgan fingerprint density at radius 1 is 1.19 bits per heavy atom. The second-order valence-corrected chi connectivity index (χ2v) is 4.54. The number of halogens is 3. The minimum absolute atomic E-state index is 0.425. The molecular formula is C11H8Cl3NO. The fourth-order valence-electron chi connectivity index (χ4n) is 1.54. The SMILES string of the molecule is COc1c(Cl)cc(Cl)c2ncc(C)c(Cl)c12. The highest BCUT2D eigenvalue weighted by molar-refractivity contribution is 6.43. The van der Waals surface area contributed by atoms with Crippen molar-refractivity contribution in [2.45, 2.75) is 6.92 Å². The predicted octanol–water partition coefficient (Wildman–Crippen LogP) is 4.51. The van der Waals surface area contributed by atoms with E-state index in [0.29, 0.717) is 31.7 Å². The molecule has 0 aliphatic carbocycles. The molecule has 84 valence electrons. The van der Waals surface area contributed by atoms with Crippen LogP contribution in [0.4, 0.5) is 0 Å². The third kappa shape index (κ3) is 1.71. The van der Waals surface area contributed by atoms with Crippen molar-refractivity contribution in [3.63, 3.8) is 0 Å². The molecule has 1 heterocycles. The lowest BCUT2D eigenvalue weighted by molar-refractivity contribution is 0.420. The maximum absolute atomic E-state index is 6.22. The summed E-state index contributed by atoms with van der Waals surface area (Å²) in [4.78, 5) is 4.24. The zero-order chi connectivity index (χ0) is 11.9. The Kier molecular flexibility index (Phi) is 3.15. The van der Waals surface area contributed by atoms with Crippen LogP contribution in [0.2, 0.25) is 15.1 Å². The first-order chi connectivity index (χ1) is 7.56. The number of pyridine rings is 1. The van der Waals surface area contributed by atoms with E-state index in [1.807, 2.05) is 6.92 Å². The maximum Gasteiger partial charge on any atom is 0.148 e. The molecule has 1 aromatic carbocycles. The summed E-state index contributed by atoms with van der Waals surface area (Å²) in [6.45, 7) is 1.86. The van der Waals surface area contributed by atoms with Gasteiger partial charge in [-0.3, -0.25) is 4.98 Å². The first-order valence-corrected chi connectivity index (χ1v) is 5.66. The van der Waals surface area contributed by atoms with Crippen molar-refractivity contribution >= 4 is 45.7 Å². The van der Waals surface area contributed by atoms with Gasteiger partial charge in [-0.05, 0) is 18.6 Å². The molecule has 0 radical (unpaired) electrons. The van der Waals surface area contributed by atoms with Gasteiger partial charge in [-0.25, -0.2) is 0 Å². The monoisotopic (exact) mass is 275 g/mol. The van der Waals surface area contributed by atoms with Crippen molar-refractivity contribution in [1.82, 2.24) is 4.98 Å². The lowest BCUT2D eigenvalue weighted by Crippen LogP contribution is -1.92. The van der Waals surface area contributed by atoms with Gasteiger partial charge in [0.1, 0.15) is 5.75 Å². The molecule has 2 rings (SSSR count). The molecule has 16 heavy (non-hydrogen) atoms. The van der Waals surface area contributed by atoms with Crippen LogP contribution < -0.4 is 4.74 Å². The van der Waals surface area contributed by atoms with Crippen molar-refractivity contribution in [1.29, 1.82) is 0 Å². The van der Waals surface area contributed by atoms with E-state index in [1.165, 1.54) is 7.11 Å². The Morgan fingerprint density at radius 3 is 2.50 bits per heavy atom. The molecule has 5 heteroatoms. The minimum atomic E-state index is 0.425. The van der Waals surface area contributed by atoms with E-state index in [-0.39, 0.29) is 0 Å². The summed E-state index contributed by atoms with van der Waals surface area (Å²) >= 11 is 18.3. The van der Waals surface area contributed by atoms with Gasteiger partial charge < -0.3 is 4.74 Å². The van der Waals surface area contributed by atoms with E-state index in [2.05, 4.69) is 4.98 Å². The van der Waals surface area contributed by atoms with E-state index < -0.39 is 0 Å². The minimum Gasteiger partial charge on any atom is -0.494 e. The van der Waals surface area contributed by atoms with Crippen molar-refractivity contribution in [3.05, 3.63) is 32.9 Å². The number of ether oxygens (including phenoxy) is 1. The maximum atomic E-state index is 6.22. The summed E-state index contributed by atoms with van der Waals surface area (Å²) < 4.78 is 5.23. The molecule has 1 aromatic heterocycles. The number of fused-ring (bicyclic) bond motifs is 1. The molecule has 0 spiro atoms. The lowest BCUT2D eigenvalue weighted by atomic mass is 10.1. The van der Waals surface area contributed by atoms with Crippen LogP contribution in [0.3, 0.4) is 0 Å². The smallest absolute Gasteiger partial charge is 0.148 e. The van der Waals surface area contributed by atoms with Crippen LogP contribution in [-0.2, 0) is 0 Å². The second-order valence-electron chi connectivity index (χ2n) is 3.35. The van der Waals surface area contributed by atoms with Crippen LogP contribution in [-0.4, -0.2) is 12.1 Å². The van der Waals surface area contributed by atoms with Crippen LogP contribution in [0.15, 0.2) is 12.3 Å². The predicted molar refractivity (Wildman–Crippen MR) is 68.1 cm³/mol. The van der Waals surface area contributed by atoms with Crippen LogP contribution in [0, 0.1) is 6.92 Å². The zero-order valence-corrected chi connectivity index (χ0v) is 10.9. The number of aryl methyl sites for hydroxylation is 1. The van der Waals surface area contributed by atoms with Gasteiger partial charge >= 0.3 is 0 Å². The van der Waals surface area contributed by atoms with Crippen LogP contribution >= 0.6 is 34.8 Å². The van der Waals surface area contributed by atoms with Crippen molar-refractivity contribution in [2.75, 3.05) is 7.11 Å². The van der Waals surface area contributed by atoms with Gasteiger partial charge in [0, 0.05) is 6.20 Å². The first-order valence-electron chi connectivity index (χ1n) is 4.53. The van der Waals surface area contributed by atoms with Crippen molar-refractivity contribution in [3.8, 4) is 5.75 Å². The van der Waals surface area contributed by atoms with E-state index in [0.717, 1.165) is 5.56 Å². The molecule has 0 amide bonds. The fraction of sp³-hybridized carbons (Fsp3) is 0.182. The largest absolute Gasteiger partial charge is 0.494 e. The highest BCUT2D eigenvalue weighted by Crippen LogP contribution is 2.41. The molecule has 2 nitrogen and oxygen atoms in total. The third-order valence-corrected chi connectivity index (χ3v) is 3.37. The Hall–Kier alpha value is -0.700. The average Bonchev–Trinajstić information content (AvgIpc) is 2.24. The molecule has 0 fully saturated rings. The number of nitrogens with zero attached hydrogens (tertiary/aromatic N) is 1. The van der Waals surface area contributed by atoms with E-state index in [1.54, 1.807) is 12.3 Å². The topological polar surface area (TPSA) is 22.1 Å². The summed E-state index contributed by atoms with van der Waals surface area (Å²) in [5.74, 6) is 0.502. The van der Waals surface area contributed by atoms with Crippen LogP contribution in [0.1, 0.15) is 5.56 Å². The lowest BCUT2D eigenvalue weighted by Gasteiger charge is -2.11. The molecule has 0 atom stereocenters. The second kappa shape index (κ2) is 4.28. The van der Waals surface area contributed by atoms with E-state index >= 15 is 0 Å². The Balaban J connectivity index is 3.01. The normalized spacial score (nSPS) is 10.8. The summed E-state index contributed by atoms with van der Waals surface area (Å²) in [6.07, 6.45) is 1.67. The molecular weight excluding hydrogens is 268 g/mol. The summed E-state index contributed by atoms with van der Waals surface area (Å²) in [7, 11) is 1.53. The molecule has 0 N–H and O–H groups in total. The number of aromatic nitrogens is 1. The molecule has 0 aliphatic rings. The summed E-state index contributed by atoms with van der Waals surface area (Å²) in [5, 5.41) is 2.10. The van der Waals surface area contributed by atoms with Gasteiger partial charge in [0.05, 0.1) is 33.1 Å². The van der Waals surface area contributed by atoms with Gasteiger partial charge in [-0.2, -0.15) is 0 Å². The van der Waals surface area contributed by atoms with Gasteiger partial charge in [0.25, 0.3) is 0 Å². The number of hydrogen-bond acceptors (Lipinski definition) is 2. The average molecular weight is 277 g/mol. The van der Waals surface area contributed by atoms with Gasteiger partial charge in [0.15, 0.2) is 0 Å². The highest BCUT2D eigenvalue weighted by Gasteiger charge is 2.15. The Labute approximate surface area is 108 Å². The number of benzene rings is 1. The summed E-state index contributed by atoms with van der Waals surface area (Å²) in [5.41, 5.74) is 1.45. The first kappa shape index (κ1) is 11.8. The van der Waals surface area contributed by atoms with Crippen LogP contribution in [0.25, 0.3) is 10.9 Å². The Bertz CT molecular complexity index is 569.